The quantitative estimate of drug-likeness (QED) is 0.757. The van der Waals surface area contributed by atoms with Crippen molar-refractivity contribution < 1.29 is 18.3 Å². The second-order valence-corrected chi connectivity index (χ2v) is 5.14. The normalized spacial score (nSPS) is 12.8. The van der Waals surface area contributed by atoms with Crippen LogP contribution in [-0.2, 0) is 0 Å². The van der Waals surface area contributed by atoms with Gasteiger partial charge in [-0.1, -0.05) is 12.1 Å². The van der Waals surface area contributed by atoms with Gasteiger partial charge >= 0.3 is 0 Å². The van der Waals surface area contributed by atoms with Crippen molar-refractivity contribution in [1.29, 1.82) is 0 Å². The number of halogens is 2. The fraction of sp³-hybridized carbons (Fsp3) is 0.176. The standard InChI is InChI=1S/C17H14F2O2/c1-9-7-11(3-5-14(9)19)16(20)17-10(2)13-8-12(18)4-6-15(13)21-17/h3-8,16,20H,1-2H3. The second-order valence-electron chi connectivity index (χ2n) is 5.14. The predicted octanol–water partition coefficient (Wildman–Crippen LogP) is 4.41. The molecule has 0 amide bonds. The molecule has 2 nitrogen and oxygen atoms in total. The van der Waals surface area contributed by atoms with Crippen LogP contribution in [0.3, 0.4) is 0 Å². The molecule has 0 saturated heterocycles. The van der Waals surface area contributed by atoms with Gasteiger partial charge in [0.25, 0.3) is 0 Å². The van der Waals surface area contributed by atoms with E-state index in [-0.39, 0.29) is 11.6 Å². The number of rotatable bonds is 2. The van der Waals surface area contributed by atoms with Gasteiger partial charge in [-0.2, -0.15) is 0 Å². The molecule has 1 atom stereocenters. The molecular weight excluding hydrogens is 274 g/mol. The summed E-state index contributed by atoms with van der Waals surface area (Å²) in [4.78, 5) is 0. The lowest BCUT2D eigenvalue weighted by Crippen LogP contribution is -2.01. The molecule has 0 aliphatic heterocycles. The van der Waals surface area contributed by atoms with Gasteiger partial charge in [0.05, 0.1) is 0 Å². The minimum atomic E-state index is -1.01. The molecule has 0 aliphatic carbocycles. The zero-order valence-electron chi connectivity index (χ0n) is 11.7. The van der Waals surface area contributed by atoms with Crippen molar-refractivity contribution >= 4 is 11.0 Å². The van der Waals surface area contributed by atoms with Gasteiger partial charge in [0, 0.05) is 10.9 Å². The molecule has 3 aromatic rings. The second kappa shape index (κ2) is 4.97. The Kier molecular flexibility index (Phi) is 3.26. The third-order valence-corrected chi connectivity index (χ3v) is 3.68. The predicted molar refractivity (Wildman–Crippen MR) is 76.1 cm³/mol. The van der Waals surface area contributed by atoms with Crippen molar-refractivity contribution in [2.75, 3.05) is 0 Å². The molecule has 0 saturated carbocycles. The van der Waals surface area contributed by atoms with E-state index in [1.54, 1.807) is 19.9 Å². The number of hydrogen-bond donors (Lipinski definition) is 1. The summed E-state index contributed by atoms with van der Waals surface area (Å²) in [5, 5.41) is 11.1. The first-order valence-electron chi connectivity index (χ1n) is 6.60. The average Bonchev–Trinajstić information content (AvgIpc) is 2.78. The molecule has 2 aromatic carbocycles. The molecule has 1 aromatic heterocycles. The monoisotopic (exact) mass is 288 g/mol. The van der Waals surface area contributed by atoms with Crippen LogP contribution in [0, 0.1) is 25.5 Å². The minimum Gasteiger partial charge on any atom is -0.458 e. The number of benzene rings is 2. The molecule has 0 radical (unpaired) electrons. The average molecular weight is 288 g/mol. The summed E-state index contributed by atoms with van der Waals surface area (Å²) in [5.74, 6) is -0.332. The van der Waals surface area contributed by atoms with Gasteiger partial charge < -0.3 is 9.52 Å². The van der Waals surface area contributed by atoms with Crippen molar-refractivity contribution in [3.8, 4) is 0 Å². The highest BCUT2D eigenvalue weighted by Crippen LogP contribution is 2.33. The Hall–Kier alpha value is -2.20. The molecule has 108 valence electrons. The third kappa shape index (κ3) is 2.32. The Labute approximate surface area is 120 Å². The van der Waals surface area contributed by atoms with Crippen LogP contribution in [0.5, 0.6) is 0 Å². The van der Waals surface area contributed by atoms with Crippen LogP contribution in [0.15, 0.2) is 40.8 Å². The lowest BCUT2D eigenvalue weighted by atomic mass is 10.0. The maximum Gasteiger partial charge on any atom is 0.141 e. The Morgan fingerprint density at radius 1 is 1.05 bits per heavy atom. The molecule has 0 fully saturated rings. The van der Waals surface area contributed by atoms with Crippen LogP contribution in [-0.4, -0.2) is 5.11 Å². The van der Waals surface area contributed by atoms with E-state index in [2.05, 4.69) is 0 Å². The number of fused-ring (bicyclic) bond motifs is 1. The SMILES string of the molecule is Cc1cc(C(O)c2oc3ccc(F)cc3c2C)ccc1F. The van der Waals surface area contributed by atoms with Crippen molar-refractivity contribution in [2.45, 2.75) is 20.0 Å². The van der Waals surface area contributed by atoms with Crippen molar-refractivity contribution in [3.63, 3.8) is 0 Å². The van der Waals surface area contributed by atoms with E-state index in [4.69, 9.17) is 4.42 Å². The number of aliphatic hydroxyl groups excluding tert-OH is 1. The molecule has 0 bridgehead atoms. The Morgan fingerprint density at radius 3 is 2.52 bits per heavy atom. The molecule has 0 aliphatic rings. The maximum atomic E-state index is 13.3. The highest BCUT2D eigenvalue weighted by Gasteiger charge is 2.20. The summed E-state index contributed by atoms with van der Waals surface area (Å²) in [7, 11) is 0. The van der Waals surface area contributed by atoms with Crippen molar-refractivity contribution in [3.05, 3.63) is 70.5 Å². The van der Waals surface area contributed by atoms with Crippen LogP contribution >= 0.6 is 0 Å². The Bertz CT molecular complexity index is 821. The lowest BCUT2D eigenvalue weighted by molar-refractivity contribution is 0.191. The molecular formula is C17H14F2O2. The molecule has 4 heteroatoms. The molecule has 1 heterocycles. The van der Waals surface area contributed by atoms with Gasteiger partial charge in [-0.05, 0) is 49.2 Å². The van der Waals surface area contributed by atoms with E-state index >= 15 is 0 Å². The summed E-state index contributed by atoms with van der Waals surface area (Å²) >= 11 is 0. The van der Waals surface area contributed by atoms with Gasteiger partial charge in [0.1, 0.15) is 29.1 Å². The maximum absolute atomic E-state index is 13.3. The van der Waals surface area contributed by atoms with E-state index in [0.29, 0.717) is 33.4 Å². The summed E-state index contributed by atoms with van der Waals surface area (Å²) < 4.78 is 32.2. The Balaban J connectivity index is 2.10. The van der Waals surface area contributed by atoms with Gasteiger partial charge in [-0.15, -0.1) is 0 Å². The van der Waals surface area contributed by atoms with E-state index in [9.17, 15) is 13.9 Å². The summed E-state index contributed by atoms with van der Waals surface area (Å²) in [6.07, 6.45) is -1.01. The lowest BCUT2D eigenvalue weighted by Gasteiger charge is -2.10. The van der Waals surface area contributed by atoms with Gasteiger partial charge in [-0.3, -0.25) is 0 Å². The highest BCUT2D eigenvalue weighted by molar-refractivity contribution is 5.82. The fourth-order valence-electron chi connectivity index (χ4n) is 2.46. The van der Waals surface area contributed by atoms with Gasteiger partial charge in [0.2, 0.25) is 0 Å². The van der Waals surface area contributed by atoms with Gasteiger partial charge in [0.15, 0.2) is 0 Å². The Morgan fingerprint density at radius 2 is 1.81 bits per heavy atom. The number of hydrogen-bond acceptors (Lipinski definition) is 2. The smallest absolute Gasteiger partial charge is 0.141 e. The number of aryl methyl sites for hydroxylation is 2. The van der Waals surface area contributed by atoms with Crippen LogP contribution in [0.1, 0.15) is 28.6 Å². The topological polar surface area (TPSA) is 33.4 Å². The third-order valence-electron chi connectivity index (χ3n) is 3.68. The minimum absolute atomic E-state index is 0.325. The highest BCUT2D eigenvalue weighted by atomic mass is 19.1. The molecule has 1 unspecified atom stereocenters. The van der Waals surface area contributed by atoms with Crippen LogP contribution in [0.4, 0.5) is 8.78 Å². The molecule has 1 N–H and O–H groups in total. The molecule has 0 spiro atoms. The van der Waals surface area contributed by atoms with Crippen molar-refractivity contribution in [2.24, 2.45) is 0 Å². The largest absolute Gasteiger partial charge is 0.458 e. The van der Waals surface area contributed by atoms with Gasteiger partial charge in [-0.25, -0.2) is 8.78 Å². The van der Waals surface area contributed by atoms with E-state index in [0.717, 1.165) is 0 Å². The first-order valence-corrected chi connectivity index (χ1v) is 6.60. The molecule has 21 heavy (non-hydrogen) atoms. The summed E-state index contributed by atoms with van der Waals surface area (Å²) in [5.41, 5.74) is 2.18. The first-order chi connectivity index (χ1) is 9.97. The van der Waals surface area contributed by atoms with E-state index < -0.39 is 6.10 Å². The van der Waals surface area contributed by atoms with Crippen LogP contribution < -0.4 is 0 Å². The van der Waals surface area contributed by atoms with E-state index in [1.807, 2.05) is 0 Å². The van der Waals surface area contributed by atoms with Crippen molar-refractivity contribution in [1.82, 2.24) is 0 Å². The van der Waals surface area contributed by atoms with E-state index in [1.165, 1.54) is 30.3 Å². The number of furan rings is 1. The molecule has 3 rings (SSSR count). The number of aliphatic hydroxyl groups is 1. The fourth-order valence-corrected chi connectivity index (χ4v) is 2.46. The zero-order valence-corrected chi connectivity index (χ0v) is 11.7. The van der Waals surface area contributed by atoms with Crippen LogP contribution in [0.2, 0.25) is 0 Å². The van der Waals surface area contributed by atoms with Crippen LogP contribution in [0.25, 0.3) is 11.0 Å². The first kappa shape index (κ1) is 13.8. The summed E-state index contributed by atoms with van der Waals surface area (Å²) in [6, 6.07) is 8.62. The zero-order chi connectivity index (χ0) is 15.1. The summed E-state index contributed by atoms with van der Waals surface area (Å²) in [6.45, 7) is 3.40.